The number of aryl methyl sites for hydroxylation is 2. The van der Waals surface area contributed by atoms with Crippen molar-refractivity contribution in [2.45, 2.75) is 29.4 Å². The second-order valence-corrected chi connectivity index (χ2v) is 520. The van der Waals surface area contributed by atoms with Crippen molar-refractivity contribution in [1.82, 2.24) is 0 Å². The van der Waals surface area contributed by atoms with Crippen molar-refractivity contribution >= 4 is 414 Å². The Bertz CT molecular complexity index is 2720. The number of ether oxygens (including phenoxy) is 3. The summed E-state index contributed by atoms with van der Waals surface area (Å²) in [6.07, 6.45) is 0. The van der Waals surface area contributed by atoms with Crippen LogP contribution in [0.2, 0.25) is 0 Å². The zero-order chi connectivity index (χ0) is 60.2. The van der Waals surface area contributed by atoms with Gasteiger partial charge in [0.1, 0.15) is 5.75 Å². The number of esters is 3. The van der Waals surface area contributed by atoms with E-state index in [2.05, 4.69) is 295 Å². The van der Waals surface area contributed by atoms with E-state index < -0.39 is 76.6 Å². The summed E-state index contributed by atoms with van der Waals surface area (Å²) >= 11 is 46.2. The molecule has 0 aliphatic rings. The van der Waals surface area contributed by atoms with Crippen molar-refractivity contribution in [3.63, 3.8) is 0 Å². The van der Waals surface area contributed by atoms with E-state index in [-0.39, 0.29) is 80.8 Å². The van der Waals surface area contributed by atoms with Crippen molar-refractivity contribution in [2.24, 2.45) is 15.5 Å². The van der Waals surface area contributed by atoms with Gasteiger partial charge in [0, 0.05) is 0 Å². The maximum atomic E-state index is 12.6. The summed E-state index contributed by atoms with van der Waals surface area (Å²) in [5, 5.41) is 21.6. The van der Waals surface area contributed by atoms with Gasteiger partial charge in [-0.05, 0) is 48.8 Å². The average Bonchev–Trinajstić information content (AvgIpc) is 3.39. The minimum atomic E-state index is -4.44. The number of hydrogen-bond donors (Lipinski definition) is 2. The Morgan fingerprint density at radius 2 is 0.896 bits per heavy atom. The molecule has 0 fully saturated rings. The first-order valence-corrected chi connectivity index (χ1v) is 167. The van der Waals surface area contributed by atoms with Crippen LogP contribution in [0.4, 0.5) is 0 Å². The van der Waals surface area contributed by atoms with Crippen LogP contribution in [0, 0.1) is 13.8 Å². The Morgan fingerprint density at radius 1 is 0.532 bits per heavy atom. The van der Waals surface area contributed by atoms with Gasteiger partial charge in [-0.3, -0.25) is 4.28 Å². The van der Waals surface area contributed by atoms with E-state index in [0.717, 1.165) is 32.5 Å². The molecular formula is C30H32ClI25N3O15S3-. The predicted octanol–water partition coefficient (Wildman–Crippen LogP) is 21.0. The van der Waals surface area contributed by atoms with Crippen molar-refractivity contribution < 1.29 is 81.8 Å². The first kappa shape index (κ1) is 91.9. The summed E-state index contributed by atoms with van der Waals surface area (Å²) in [5.41, 5.74) is 2.07. The van der Waals surface area contributed by atoms with Crippen LogP contribution in [0.3, 0.4) is 0 Å². The number of benzene rings is 3. The number of halogens is 26. The summed E-state index contributed by atoms with van der Waals surface area (Å²) in [6, 6.07) is 19.4. The van der Waals surface area contributed by atoms with Gasteiger partial charge in [-0.2, -0.15) is 8.42 Å². The first-order valence-electron chi connectivity index (χ1n) is 17.1. The second-order valence-electron chi connectivity index (χ2n) is 11.2. The number of sulfone groups is 2. The number of methoxy groups -OCH3 is 3. The molecule has 0 aliphatic heterocycles. The summed E-state index contributed by atoms with van der Waals surface area (Å²) in [6.45, 7) is 3.54. The molecule has 0 heterocycles. The van der Waals surface area contributed by atoms with E-state index in [4.69, 9.17) is 22.0 Å². The first-order chi connectivity index (χ1) is 35.6. The minimum absolute atomic E-state index is 0.138. The molecule has 0 aromatic heterocycles. The van der Waals surface area contributed by atoms with Crippen molar-refractivity contribution in [3.05, 3.63) is 95.6 Å². The van der Waals surface area contributed by atoms with Gasteiger partial charge < -0.3 is 24.6 Å². The van der Waals surface area contributed by atoms with Crippen LogP contribution in [-0.2, 0) is 68.4 Å². The van der Waals surface area contributed by atoms with E-state index in [1.807, 2.05) is 0 Å². The number of oxime groups is 3. The molecular weight excluding hydrogens is 3950 g/mol. The molecule has 77 heavy (non-hydrogen) atoms. The molecule has 47 heteroatoms. The summed E-state index contributed by atoms with van der Waals surface area (Å²) in [7, 11) is -13.2. The summed E-state index contributed by atoms with van der Waals surface area (Å²) in [4.78, 5) is 32.7. The summed E-state index contributed by atoms with van der Waals surface area (Å²) < 4.78 is 90.2. The third kappa shape index (κ3) is 38.6. The maximum absolute atomic E-state index is 12.6. The molecule has 3 aromatic carbocycles. The van der Waals surface area contributed by atoms with Crippen LogP contribution in [0.25, 0.3) is 0 Å². The second kappa shape index (κ2) is 51.1. The molecule has 0 aliphatic carbocycles. The monoisotopic (exact) mass is 3980 g/mol. The van der Waals surface area contributed by atoms with Gasteiger partial charge in [0.05, 0.1) is 31.1 Å². The van der Waals surface area contributed by atoms with E-state index in [9.17, 15) is 39.6 Å². The van der Waals surface area contributed by atoms with Crippen LogP contribution in [0.5, 0.6) is 0 Å². The van der Waals surface area contributed by atoms with Gasteiger partial charge >= 0.3 is 381 Å². The number of nitrogens with zero attached hydrogens (tertiary/aromatic N) is 3. The van der Waals surface area contributed by atoms with Crippen molar-refractivity contribution in [1.29, 1.82) is 0 Å². The van der Waals surface area contributed by atoms with E-state index >= 15 is 0 Å². The van der Waals surface area contributed by atoms with Gasteiger partial charge in [-0.15, -0.1) is 0 Å². The molecule has 458 valence electrons. The van der Waals surface area contributed by atoms with Crippen molar-refractivity contribution in [3.8, 4) is 0 Å². The third-order valence-corrected chi connectivity index (χ3v) is 1420. The zero-order valence-corrected chi connectivity index (χ0v) is 94.5. The van der Waals surface area contributed by atoms with Crippen LogP contribution in [0.15, 0.2) is 104 Å². The van der Waals surface area contributed by atoms with Crippen LogP contribution >= 0.6 is 351 Å². The van der Waals surface area contributed by atoms with Crippen LogP contribution in [-0.4, -0.2) is 90.2 Å². The Hall–Kier alpha value is 12.9. The van der Waals surface area contributed by atoms with Gasteiger partial charge in [0.2, 0.25) is 19.7 Å². The standard InChI is InChI=1S/C17H17NO7S2.C10H11NO5S.C3H4ClNO3.I17.I8/c1-13-8-10-15(11-9-13)27(22,23)16(17(19)24-2)18-25-26(20,21)12-14-6-4-3-5-7-14;1-7-3-5-8(6-4-7)17(14,15)9(11-13)10(12)16-2;1-8-3(6)2(4)5-7;1-10-12(4)14(6)16(8)17(9)15(7)13(5)11(2)3;1-6(2)8(5)7(3)4/h3-11H,12H2,1-2H3;3-6,13H,1-2H3;7H,1H3;;/q;;;-1;/b18-16-;11-9-;5-2-;;. The van der Waals surface area contributed by atoms with Gasteiger partial charge in [0.25, 0.3) is 15.3 Å². The Balaban J connectivity index is 0. The average molecular weight is 3980 g/mol. The fourth-order valence-electron chi connectivity index (χ4n) is 3.45. The molecule has 0 unspecified atom stereocenters. The van der Waals surface area contributed by atoms with Crippen LogP contribution in [0.1, 0.15) is 16.7 Å². The van der Waals surface area contributed by atoms with Gasteiger partial charge in [-0.25, -0.2) is 31.2 Å². The Labute approximate surface area is 635 Å². The molecule has 0 amide bonds. The fourth-order valence-corrected chi connectivity index (χ4v) is 2730. The Morgan fingerprint density at radius 3 is 1.22 bits per heavy atom. The van der Waals surface area contributed by atoms with Gasteiger partial charge in [-0.1, -0.05) is 87.6 Å². The predicted molar refractivity (Wildman–Crippen MR) is 521 cm³/mol. The number of carbonyl (C=O) groups is 3. The third-order valence-electron chi connectivity index (χ3n) is 6.54. The molecule has 3 rings (SSSR count). The molecule has 0 bridgehead atoms. The molecule has 0 atom stereocenters. The quantitative estimate of drug-likeness (QED) is 0.0257. The zero-order valence-electron chi connectivity index (χ0n) is 37.3. The number of hydrogen-bond acceptors (Lipinski definition) is 18. The van der Waals surface area contributed by atoms with Gasteiger partial charge in [0.15, 0.2) is 0 Å². The molecule has 0 saturated carbocycles. The molecule has 0 spiro atoms. The van der Waals surface area contributed by atoms with Crippen LogP contribution < -0.4 is 13.3 Å². The topological polar surface area (TPSA) is 268 Å². The SMILES string of the molecule is COC(=O)/C(=N/O)S(=O)(=O)c1ccc(C)cc1.COC(=O)/C(=N/OS(=O)(=O)Cc1ccccc1)S(=O)(=O)c1ccc(C)cc1.COC(=O)/C(Cl)=N/O.II(I)I(I)I(I)I.I[I-]I(I)I(I)I(I)I(I)I(I)I(I)I(I)I. The number of rotatable bonds is 16. The van der Waals surface area contributed by atoms with E-state index in [1.54, 1.807) is 56.3 Å². The Kier molecular flexibility index (Phi) is 61.0. The van der Waals surface area contributed by atoms with E-state index in [0.29, 0.717) is 18.8 Å². The molecule has 0 saturated heterocycles. The fraction of sp³-hybridized carbons (Fsp3) is 0.200. The van der Waals surface area contributed by atoms with Crippen molar-refractivity contribution in [2.75, 3.05) is 21.3 Å². The molecule has 3 aromatic rings. The number of carbonyl (C=O) groups excluding carboxylic acids is 3. The normalized spacial score (nSPS) is 13.6. The molecule has 0 radical (unpaired) electrons. The molecule has 18 nitrogen and oxygen atoms in total. The molecule has 2 N–H and O–H groups in total. The summed E-state index contributed by atoms with van der Waals surface area (Å²) in [5.74, 6) is -3.95. The van der Waals surface area contributed by atoms with E-state index in [1.165, 1.54) is 36.4 Å².